The number of nitrogens with one attached hydrogen (secondary N) is 2. The number of hydrogen-bond donors (Lipinski definition) is 2. The van der Waals surface area contributed by atoms with Crippen molar-refractivity contribution in [2.75, 3.05) is 6.54 Å². The van der Waals surface area contributed by atoms with Crippen molar-refractivity contribution in [3.05, 3.63) is 35.4 Å². The van der Waals surface area contributed by atoms with Gasteiger partial charge in [0.05, 0.1) is 6.04 Å². The molecule has 3 rings (SSSR count). The summed E-state index contributed by atoms with van der Waals surface area (Å²) in [6, 6.07) is 8.45. The van der Waals surface area contributed by atoms with Crippen LogP contribution in [0.5, 0.6) is 0 Å². The highest BCUT2D eigenvalue weighted by molar-refractivity contribution is 5.82. The van der Waals surface area contributed by atoms with Crippen molar-refractivity contribution in [1.82, 2.24) is 10.6 Å². The Morgan fingerprint density at radius 2 is 1.91 bits per heavy atom. The van der Waals surface area contributed by atoms with E-state index in [1.165, 1.54) is 11.1 Å². The third kappa shape index (κ3) is 3.74. The zero-order valence-electron chi connectivity index (χ0n) is 14.0. The number of benzene rings is 1. The molecule has 1 fully saturated rings. The van der Waals surface area contributed by atoms with E-state index >= 15 is 0 Å². The molecule has 2 aliphatic carbocycles. The summed E-state index contributed by atoms with van der Waals surface area (Å²) in [5.74, 6) is 1.23. The molecule has 0 spiro atoms. The largest absolute Gasteiger partial charge is 0.355 e. The van der Waals surface area contributed by atoms with Crippen molar-refractivity contribution >= 4 is 11.8 Å². The van der Waals surface area contributed by atoms with Gasteiger partial charge in [0.15, 0.2) is 0 Å². The molecule has 23 heavy (non-hydrogen) atoms. The lowest BCUT2D eigenvalue weighted by Gasteiger charge is -2.32. The minimum Gasteiger partial charge on any atom is -0.355 e. The predicted octanol–water partition coefficient (Wildman–Crippen LogP) is 2.59. The molecule has 0 bridgehead atoms. The van der Waals surface area contributed by atoms with Crippen LogP contribution < -0.4 is 10.6 Å². The zero-order valence-corrected chi connectivity index (χ0v) is 14.0. The van der Waals surface area contributed by atoms with Crippen LogP contribution in [0.15, 0.2) is 24.3 Å². The summed E-state index contributed by atoms with van der Waals surface area (Å²) in [6.45, 7) is 4.70. The monoisotopic (exact) mass is 314 g/mol. The van der Waals surface area contributed by atoms with Crippen LogP contribution in [0.1, 0.15) is 50.3 Å². The number of rotatable bonds is 5. The SMILES string of the molecule is CC1CC1C(=O)NCCC(=O)NC1c2ccccc2CCC1C. The van der Waals surface area contributed by atoms with Crippen molar-refractivity contribution in [3.63, 3.8) is 0 Å². The number of carbonyl (C=O) groups is 2. The van der Waals surface area contributed by atoms with E-state index in [1.807, 2.05) is 6.07 Å². The lowest BCUT2D eigenvalue weighted by molar-refractivity contribution is -0.123. The van der Waals surface area contributed by atoms with Gasteiger partial charge in [-0.1, -0.05) is 38.1 Å². The van der Waals surface area contributed by atoms with Crippen LogP contribution in [0.3, 0.4) is 0 Å². The summed E-state index contributed by atoms with van der Waals surface area (Å²) < 4.78 is 0. The first-order chi connectivity index (χ1) is 11.1. The summed E-state index contributed by atoms with van der Waals surface area (Å²) in [5, 5.41) is 6.04. The van der Waals surface area contributed by atoms with Gasteiger partial charge in [0, 0.05) is 18.9 Å². The predicted molar refractivity (Wildman–Crippen MR) is 89.7 cm³/mol. The fourth-order valence-corrected chi connectivity index (χ4v) is 3.51. The Morgan fingerprint density at radius 3 is 2.65 bits per heavy atom. The lowest BCUT2D eigenvalue weighted by Crippen LogP contribution is -2.37. The summed E-state index contributed by atoms with van der Waals surface area (Å²) in [5.41, 5.74) is 2.59. The summed E-state index contributed by atoms with van der Waals surface area (Å²) in [4.78, 5) is 24.0. The van der Waals surface area contributed by atoms with E-state index in [9.17, 15) is 9.59 Å². The second-order valence-electron chi connectivity index (χ2n) is 7.12. The highest BCUT2D eigenvalue weighted by Crippen LogP contribution is 2.37. The smallest absolute Gasteiger partial charge is 0.223 e. The van der Waals surface area contributed by atoms with Crippen LogP contribution in [0.4, 0.5) is 0 Å². The average Bonchev–Trinajstić information content (AvgIpc) is 3.27. The standard InChI is InChI=1S/C19H26N2O2/c1-12-7-8-14-5-3-4-6-15(14)18(12)21-17(22)9-10-20-19(23)16-11-13(16)2/h3-6,12-13,16,18H,7-11H2,1-2H3,(H,20,23)(H,21,22). The third-order valence-electron chi connectivity index (χ3n) is 5.24. The van der Waals surface area contributed by atoms with E-state index in [1.54, 1.807) is 0 Å². The number of carbonyl (C=O) groups excluding carboxylic acids is 2. The Labute approximate surface area is 138 Å². The zero-order chi connectivity index (χ0) is 16.4. The van der Waals surface area contributed by atoms with Gasteiger partial charge in [-0.05, 0) is 42.2 Å². The molecule has 0 saturated heterocycles. The quantitative estimate of drug-likeness (QED) is 0.877. The maximum atomic E-state index is 12.2. The van der Waals surface area contributed by atoms with E-state index < -0.39 is 0 Å². The van der Waals surface area contributed by atoms with Gasteiger partial charge in [0.2, 0.25) is 11.8 Å². The molecular formula is C19H26N2O2. The minimum atomic E-state index is 0.0164. The average molecular weight is 314 g/mol. The lowest BCUT2D eigenvalue weighted by atomic mass is 9.80. The molecule has 0 aliphatic heterocycles. The molecule has 4 unspecified atom stereocenters. The van der Waals surface area contributed by atoms with Crippen LogP contribution in [-0.4, -0.2) is 18.4 Å². The molecule has 4 atom stereocenters. The fraction of sp³-hybridized carbons (Fsp3) is 0.579. The molecule has 0 heterocycles. The number of hydrogen-bond acceptors (Lipinski definition) is 2. The van der Waals surface area contributed by atoms with Gasteiger partial charge >= 0.3 is 0 Å². The molecule has 4 nitrogen and oxygen atoms in total. The molecule has 2 N–H and O–H groups in total. The first kappa shape index (κ1) is 16.0. The Kier molecular flexibility index (Phi) is 4.69. The maximum absolute atomic E-state index is 12.2. The third-order valence-corrected chi connectivity index (χ3v) is 5.24. The molecule has 1 aromatic carbocycles. The van der Waals surface area contributed by atoms with Crippen LogP contribution in [0.25, 0.3) is 0 Å². The van der Waals surface area contributed by atoms with Crippen LogP contribution in [0.2, 0.25) is 0 Å². The Balaban J connectivity index is 1.50. The van der Waals surface area contributed by atoms with Crippen LogP contribution in [-0.2, 0) is 16.0 Å². The van der Waals surface area contributed by atoms with Crippen LogP contribution >= 0.6 is 0 Å². The van der Waals surface area contributed by atoms with Crippen molar-refractivity contribution in [1.29, 1.82) is 0 Å². The second-order valence-corrected chi connectivity index (χ2v) is 7.12. The van der Waals surface area contributed by atoms with Gasteiger partial charge in [-0.2, -0.15) is 0 Å². The van der Waals surface area contributed by atoms with E-state index in [0.29, 0.717) is 24.8 Å². The summed E-state index contributed by atoms with van der Waals surface area (Å²) in [6.07, 6.45) is 3.50. The van der Waals surface area contributed by atoms with E-state index in [4.69, 9.17) is 0 Å². The highest BCUT2D eigenvalue weighted by Gasteiger charge is 2.38. The van der Waals surface area contributed by atoms with Gasteiger partial charge in [0.1, 0.15) is 0 Å². The molecule has 2 aliphatic rings. The Bertz CT molecular complexity index is 599. The molecule has 2 amide bonds. The van der Waals surface area contributed by atoms with Gasteiger partial charge < -0.3 is 10.6 Å². The second kappa shape index (κ2) is 6.73. The highest BCUT2D eigenvalue weighted by atomic mass is 16.2. The van der Waals surface area contributed by atoms with Gasteiger partial charge in [-0.15, -0.1) is 0 Å². The normalized spacial score (nSPS) is 28.6. The van der Waals surface area contributed by atoms with E-state index in [0.717, 1.165) is 19.3 Å². The fourth-order valence-electron chi connectivity index (χ4n) is 3.51. The summed E-state index contributed by atoms with van der Waals surface area (Å²) >= 11 is 0. The van der Waals surface area contributed by atoms with Crippen molar-refractivity contribution in [2.24, 2.45) is 17.8 Å². The summed E-state index contributed by atoms with van der Waals surface area (Å²) in [7, 11) is 0. The molecular weight excluding hydrogens is 288 g/mol. The molecule has 4 heteroatoms. The Morgan fingerprint density at radius 1 is 1.17 bits per heavy atom. The first-order valence-corrected chi connectivity index (χ1v) is 8.71. The van der Waals surface area contributed by atoms with Gasteiger partial charge in [-0.25, -0.2) is 0 Å². The topological polar surface area (TPSA) is 58.2 Å². The van der Waals surface area contributed by atoms with Crippen molar-refractivity contribution in [2.45, 2.75) is 45.6 Å². The first-order valence-electron chi connectivity index (χ1n) is 8.71. The molecule has 0 radical (unpaired) electrons. The molecule has 1 aromatic rings. The van der Waals surface area contributed by atoms with E-state index in [-0.39, 0.29) is 23.8 Å². The van der Waals surface area contributed by atoms with E-state index in [2.05, 4.69) is 42.7 Å². The molecule has 0 aromatic heterocycles. The number of amides is 2. The number of fused-ring (bicyclic) bond motifs is 1. The molecule has 124 valence electrons. The van der Waals surface area contributed by atoms with Crippen molar-refractivity contribution in [3.8, 4) is 0 Å². The molecule has 1 saturated carbocycles. The minimum absolute atomic E-state index is 0.0164. The van der Waals surface area contributed by atoms with Crippen molar-refractivity contribution < 1.29 is 9.59 Å². The Hall–Kier alpha value is -1.84. The van der Waals surface area contributed by atoms with Gasteiger partial charge in [-0.3, -0.25) is 9.59 Å². The number of aryl methyl sites for hydroxylation is 1. The van der Waals surface area contributed by atoms with Crippen LogP contribution in [0, 0.1) is 17.8 Å². The maximum Gasteiger partial charge on any atom is 0.223 e. The van der Waals surface area contributed by atoms with Gasteiger partial charge in [0.25, 0.3) is 0 Å².